The van der Waals surface area contributed by atoms with E-state index in [1.807, 2.05) is 31.2 Å². The van der Waals surface area contributed by atoms with Gasteiger partial charge in [0.25, 0.3) is 0 Å². The topological polar surface area (TPSA) is 57.6 Å². The van der Waals surface area contributed by atoms with E-state index in [1.165, 1.54) is 10.5 Å². The lowest BCUT2D eigenvalue weighted by atomic mass is 10.1. The number of aliphatic carboxylic acids is 1. The molecule has 0 radical (unpaired) electrons. The molecule has 102 valence electrons. The second-order valence-electron chi connectivity index (χ2n) is 5.07. The van der Waals surface area contributed by atoms with Crippen molar-refractivity contribution in [1.29, 1.82) is 0 Å². The first kappa shape index (κ1) is 13.6. The number of rotatable bonds is 4. The lowest BCUT2D eigenvalue weighted by Crippen LogP contribution is -2.40. The molecule has 1 saturated heterocycles. The molecule has 1 aromatic rings. The van der Waals surface area contributed by atoms with Crippen LogP contribution in [-0.4, -0.2) is 34.5 Å². The van der Waals surface area contributed by atoms with E-state index < -0.39 is 12.0 Å². The third-order valence-electron chi connectivity index (χ3n) is 3.61. The molecule has 4 heteroatoms. The Morgan fingerprint density at radius 3 is 2.63 bits per heavy atom. The quantitative estimate of drug-likeness (QED) is 0.902. The van der Waals surface area contributed by atoms with Crippen LogP contribution in [0.25, 0.3) is 0 Å². The first-order chi connectivity index (χ1) is 9.08. The Morgan fingerprint density at radius 1 is 1.32 bits per heavy atom. The van der Waals surface area contributed by atoms with Gasteiger partial charge in [-0.1, -0.05) is 29.8 Å². The Kier molecular flexibility index (Phi) is 4.20. The van der Waals surface area contributed by atoms with Gasteiger partial charge in [0.05, 0.1) is 0 Å². The third-order valence-corrected chi connectivity index (χ3v) is 3.61. The van der Waals surface area contributed by atoms with E-state index in [0.717, 1.165) is 12.0 Å². The maximum Gasteiger partial charge on any atom is 0.326 e. The number of amides is 1. The molecule has 0 aromatic heterocycles. The Hall–Kier alpha value is -1.84. The fourth-order valence-electron chi connectivity index (χ4n) is 2.47. The number of carbonyl (C=O) groups is 2. The monoisotopic (exact) mass is 261 g/mol. The Labute approximate surface area is 113 Å². The minimum absolute atomic E-state index is 0.0505. The molecule has 1 amide bonds. The number of hydrogen-bond donors (Lipinski definition) is 1. The van der Waals surface area contributed by atoms with Gasteiger partial charge in [-0.2, -0.15) is 0 Å². The highest BCUT2D eigenvalue weighted by atomic mass is 16.4. The molecule has 1 aliphatic rings. The summed E-state index contributed by atoms with van der Waals surface area (Å²) in [6.45, 7) is 2.60. The van der Waals surface area contributed by atoms with Gasteiger partial charge in [0.1, 0.15) is 6.04 Å². The van der Waals surface area contributed by atoms with E-state index in [2.05, 4.69) is 0 Å². The van der Waals surface area contributed by atoms with Gasteiger partial charge in [-0.15, -0.1) is 0 Å². The molecule has 1 N–H and O–H groups in total. The molecular formula is C15H19NO3. The van der Waals surface area contributed by atoms with Crippen LogP contribution < -0.4 is 0 Å². The summed E-state index contributed by atoms with van der Waals surface area (Å²) in [5.41, 5.74) is 2.31. The highest BCUT2D eigenvalue weighted by molar-refractivity contribution is 5.84. The highest BCUT2D eigenvalue weighted by Gasteiger charge is 2.33. The van der Waals surface area contributed by atoms with Crippen LogP contribution in [-0.2, 0) is 16.0 Å². The van der Waals surface area contributed by atoms with Crippen molar-refractivity contribution in [3.05, 3.63) is 35.4 Å². The molecule has 0 saturated carbocycles. The summed E-state index contributed by atoms with van der Waals surface area (Å²) in [4.78, 5) is 24.6. The summed E-state index contributed by atoms with van der Waals surface area (Å²) in [5.74, 6) is -0.938. The van der Waals surface area contributed by atoms with Crippen LogP contribution >= 0.6 is 0 Å². The van der Waals surface area contributed by atoms with Crippen molar-refractivity contribution in [1.82, 2.24) is 4.90 Å². The van der Waals surface area contributed by atoms with Crippen molar-refractivity contribution in [2.45, 2.75) is 38.6 Å². The van der Waals surface area contributed by atoms with Gasteiger partial charge in [0.15, 0.2) is 0 Å². The van der Waals surface area contributed by atoms with Crippen LogP contribution in [0.15, 0.2) is 24.3 Å². The molecule has 1 heterocycles. The normalized spacial score (nSPS) is 18.6. The van der Waals surface area contributed by atoms with Crippen molar-refractivity contribution in [3.63, 3.8) is 0 Å². The van der Waals surface area contributed by atoms with E-state index in [0.29, 0.717) is 25.8 Å². The van der Waals surface area contributed by atoms with Crippen LogP contribution in [0.5, 0.6) is 0 Å². The lowest BCUT2D eigenvalue weighted by molar-refractivity contribution is -0.148. The molecule has 1 aliphatic heterocycles. The zero-order valence-corrected chi connectivity index (χ0v) is 11.1. The first-order valence-corrected chi connectivity index (χ1v) is 6.66. The Bertz CT molecular complexity index is 467. The molecule has 0 bridgehead atoms. The second-order valence-corrected chi connectivity index (χ2v) is 5.07. The van der Waals surface area contributed by atoms with Gasteiger partial charge < -0.3 is 10.0 Å². The number of likely N-dealkylation sites (tertiary alicyclic amines) is 1. The van der Waals surface area contributed by atoms with Crippen LogP contribution in [0.1, 0.15) is 30.4 Å². The smallest absolute Gasteiger partial charge is 0.326 e. The lowest BCUT2D eigenvalue weighted by Gasteiger charge is -2.21. The molecule has 1 unspecified atom stereocenters. The van der Waals surface area contributed by atoms with Gasteiger partial charge in [-0.25, -0.2) is 4.79 Å². The second kappa shape index (κ2) is 5.87. The molecule has 2 rings (SSSR count). The largest absolute Gasteiger partial charge is 0.480 e. The number of carboxylic acid groups (broad SMARTS) is 1. The molecule has 19 heavy (non-hydrogen) atoms. The van der Waals surface area contributed by atoms with Gasteiger partial charge in [-0.3, -0.25) is 4.79 Å². The standard InChI is InChI=1S/C15H19NO3/c1-11-4-6-12(7-5-11)8-9-14(17)16-10-2-3-13(16)15(18)19/h4-7,13H,2-3,8-10H2,1H3,(H,18,19). The minimum atomic E-state index is -0.888. The van der Waals surface area contributed by atoms with Crippen LogP contribution in [0.3, 0.4) is 0 Å². The molecule has 1 aromatic carbocycles. The van der Waals surface area contributed by atoms with E-state index >= 15 is 0 Å². The van der Waals surface area contributed by atoms with Crippen molar-refractivity contribution in [2.24, 2.45) is 0 Å². The SMILES string of the molecule is Cc1ccc(CCC(=O)N2CCCC2C(=O)O)cc1. The zero-order valence-electron chi connectivity index (χ0n) is 11.1. The van der Waals surface area contributed by atoms with Crippen molar-refractivity contribution >= 4 is 11.9 Å². The maximum atomic E-state index is 12.1. The molecule has 0 aliphatic carbocycles. The Balaban J connectivity index is 1.90. The summed E-state index contributed by atoms with van der Waals surface area (Å²) in [7, 11) is 0. The maximum absolute atomic E-state index is 12.1. The third kappa shape index (κ3) is 3.34. The molecule has 1 atom stereocenters. The van der Waals surface area contributed by atoms with Gasteiger partial charge in [0, 0.05) is 13.0 Å². The van der Waals surface area contributed by atoms with Crippen LogP contribution in [0.4, 0.5) is 0 Å². The predicted molar refractivity (Wildman–Crippen MR) is 71.9 cm³/mol. The van der Waals surface area contributed by atoms with Gasteiger partial charge in [0.2, 0.25) is 5.91 Å². The summed E-state index contributed by atoms with van der Waals surface area (Å²) < 4.78 is 0. The van der Waals surface area contributed by atoms with Gasteiger partial charge in [-0.05, 0) is 31.7 Å². The average molecular weight is 261 g/mol. The fraction of sp³-hybridized carbons (Fsp3) is 0.467. The number of aryl methyl sites for hydroxylation is 2. The molecule has 1 fully saturated rings. The van der Waals surface area contributed by atoms with Crippen LogP contribution in [0, 0.1) is 6.92 Å². The minimum Gasteiger partial charge on any atom is -0.480 e. The predicted octanol–water partition coefficient (Wildman–Crippen LogP) is 2.00. The molecule has 4 nitrogen and oxygen atoms in total. The number of hydrogen-bond acceptors (Lipinski definition) is 2. The van der Waals surface area contributed by atoms with Crippen molar-refractivity contribution in [2.75, 3.05) is 6.54 Å². The average Bonchev–Trinajstić information content (AvgIpc) is 2.87. The van der Waals surface area contributed by atoms with Crippen LogP contribution in [0.2, 0.25) is 0 Å². The van der Waals surface area contributed by atoms with Gasteiger partial charge >= 0.3 is 5.97 Å². The zero-order chi connectivity index (χ0) is 13.8. The number of carboxylic acids is 1. The summed E-state index contributed by atoms with van der Waals surface area (Å²) in [6, 6.07) is 7.46. The number of nitrogens with zero attached hydrogens (tertiary/aromatic N) is 1. The fourth-order valence-corrected chi connectivity index (χ4v) is 2.47. The Morgan fingerprint density at radius 2 is 2.00 bits per heavy atom. The highest BCUT2D eigenvalue weighted by Crippen LogP contribution is 2.19. The van der Waals surface area contributed by atoms with Crippen molar-refractivity contribution < 1.29 is 14.7 Å². The van der Waals surface area contributed by atoms with Crippen molar-refractivity contribution in [3.8, 4) is 0 Å². The first-order valence-electron chi connectivity index (χ1n) is 6.66. The molecule has 0 spiro atoms. The summed E-state index contributed by atoms with van der Waals surface area (Å²) >= 11 is 0. The van der Waals surface area contributed by atoms with E-state index in [9.17, 15) is 9.59 Å². The van der Waals surface area contributed by atoms with E-state index in [-0.39, 0.29) is 5.91 Å². The summed E-state index contributed by atoms with van der Waals surface area (Å²) in [5, 5.41) is 9.05. The van der Waals surface area contributed by atoms with E-state index in [4.69, 9.17) is 5.11 Å². The number of carbonyl (C=O) groups excluding carboxylic acids is 1. The summed E-state index contributed by atoms with van der Waals surface area (Å²) in [6.07, 6.45) is 2.41. The molecular weight excluding hydrogens is 242 g/mol. The number of benzene rings is 1. The van der Waals surface area contributed by atoms with E-state index in [1.54, 1.807) is 0 Å².